The highest BCUT2D eigenvalue weighted by atomic mass is 35.5. The zero-order valence-corrected chi connectivity index (χ0v) is 15.8. The van der Waals surface area contributed by atoms with Crippen LogP contribution in [0.3, 0.4) is 0 Å². The van der Waals surface area contributed by atoms with Gasteiger partial charge in [-0.2, -0.15) is 0 Å². The van der Waals surface area contributed by atoms with Crippen LogP contribution < -0.4 is 10.1 Å². The molecule has 140 valence electrons. The van der Waals surface area contributed by atoms with E-state index in [-0.39, 0.29) is 12.0 Å². The van der Waals surface area contributed by atoms with E-state index in [4.69, 9.17) is 16.3 Å². The molecule has 0 saturated heterocycles. The molecule has 0 spiro atoms. The fraction of sp³-hybridized carbons (Fsp3) is 0.136. The van der Waals surface area contributed by atoms with Gasteiger partial charge >= 0.3 is 0 Å². The number of fused-ring (bicyclic) bond motifs is 1. The Labute approximate surface area is 168 Å². The van der Waals surface area contributed by atoms with Crippen molar-refractivity contribution in [2.75, 3.05) is 6.54 Å². The number of hydrogen-bond acceptors (Lipinski definition) is 4. The van der Waals surface area contributed by atoms with Crippen LogP contribution in [0.15, 0.2) is 67.3 Å². The van der Waals surface area contributed by atoms with Crippen LogP contribution in [0, 0.1) is 0 Å². The van der Waals surface area contributed by atoms with Crippen molar-refractivity contribution < 1.29 is 9.53 Å². The van der Waals surface area contributed by atoms with Crippen LogP contribution in [-0.4, -0.2) is 28.5 Å². The standard InChI is InChI=1S/C22H18ClN3O2/c23-20-11-17(16-4-2-8-25-13-16)9-18-10-19(28-22(18)20)14-26-21(27)6-5-15-3-1-7-24-12-15/h1-9,11-13,19H,10,14H2,(H,26,27). The Kier molecular flexibility index (Phi) is 5.35. The van der Waals surface area contributed by atoms with Crippen LogP contribution in [0.4, 0.5) is 0 Å². The first kappa shape index (κ1) is 18.2. The van der Waals surface area contributed by atoms with Gasteiger partial charge in [-0.05, 0) is 41.5 Å². The van der Waals surface area contributed by atoms with Crippen molar-refractivity contribution in [2.24, 2.45) is 0 Å². The van der Waals surface area contributed by atoms with Gasteiger partial charge in [0, 0.05) is 48.4 Å². The van der Waals surface area contributed by atoms with Crippen molar-refractivity contribution in [1.82, 2.24) is 15.3 Å². The van der Waals surface area contributed by atoms with E-state index in [1.165, 1.54) is 6.08 Å². The highest BCUT2D eigenvalue weighted by Crippen LogP contribution is 2.39. The van der Waals surface area contributed by atoms with Crippen molar-refractivity contribution >= 4 is 23.6 Å². The van der Waals surface area contributed by atoms with Gasteiger partial charge in [0.15, 0.2) is 0 Å². The molecule has 1 amide bonds. The predicted molar refractivity (Wildman–Crippen MR) is 109 cm³/mol. The molecule has 0 aliphatic carbocycles. The van der Waals surface area contributed by atoms with E-state index >= 15 is 0 Å². The smallest absolute Gasteiger partial charge is 0.244 e. The third kappa shape index (κ3) is 4.21. The van der Waals surface area contributed by atoms with Gasteiger partial charge in [-0.15, -0.1) is 0 Å². The maximum absolute atomic E-state index is 12.0. The normalized spacial score (nSPS) is 15.2. The maximum atomic E-state index is 12.0. The first-order valence-electron chi connectivity index (χ1n) is 8.94. The van der Waals surface area contributed by atoms with Crippen LogP contribution in [-0.2, 0) is 11.2 Å². The van der Waals surface area contributed by atoms with E-state index in [0.717, 1.165) is 22.3 Å². The summed E-state index contributed by atoms with van der Waals surface area (Å²) in [6, 6.07) is 11.6. The number of rotatable bonds is 5. The molecule has 4 rings (SSSR count). The molecule has 0 bridgehead atoms. The quantitative estimate of drug-likeness (QED) is 0.669. The monoisotopic (exact) mass is 391 g/mol. The summed E-state index contributed by atoms with van der Waals surface area (Å²) in [7, 11) is 0. The van der Waals surface area contributed by atoms with E-state index in [0.29, 0.717) is 23.7 Å². The lowest BCUT2D eigenvalue weighted by Crippen LogP contribution is -2.33. The van der Waals surface area contributed by atoms with Gasteiger partial charge in [0.25, 0.3) is 0 Å². The first-order chi connectivity index (χ1) is 13.7. The largest absolute Gasteiger partial charge is 0.486 e. The molecular weight excluding hydrogens is 374 g/mol. The molecule has 3 heterocycles. The van der Waals surface area contributed by atoms with E-state index in [9.17, 15) is 4.79 Å². The minimum absolute atomic E-state index is 0.146. The number of benzene rings is 1. The van der Waals surface area contributed by atoms with Crippen LogP contribution in [0.5, 0.6) is 5.75 Å². The number of aromatic nitrogens is 2. The topological polar surface area (TPSA) is 64.1 Å². The second-order valence-electron chi connectivity index (χ2n) is 6.50. The van der Waals surface area contributed by atoms with Crippen molar-refractivity contribution in [3.63, 3.8) is 0 Å². The average Bonchev–Trinajstić information content (AvgIpc) is 3.16. The summed E-state index contributed by atoms with van der Waals surface area (Å²) in [5.74, 6) is 0.519. The minimum Gasteiger partial charge on any atom is -0.486 e. The van der Waals surface area contributed by atoms with Crippen molar-refractivity contribution in [2.45, 2.75) is 12.5 Å². The summed E-state index contributed by atoms with van der Waals surface area (Å²) in [4.78, 5) is 20.2. The summed E-state index contributed by atoms with van der Waals surface area (Å²) in [5, 5.41) is 3.44. The molecule has 0 saturated carbocycles. The van der Waals surface area contributed by atoms with E-state index in [1.807, 2.05) is 30.3 Å². The molecule has 1 N–H and O–H groups in total. The molecule has 1 aliphatic rings. The van der Waals surface area contributed by atoms with Gasteiger partial charge in [-0.1, -0.05) is 23.7 Å². The van der Waals surface area contributed by atoms with Crippen molar-refractivity contribution in [1.29, 1.82) is 0 Å². The summed E-state index contributed by atoms with van der Waals surface area (Å²) in [5.41, 5.74) is 3.92. The van der Waals surface area contributed by atoms with Crippen LogP contribution in [0.1, 0.15) is 11.1 Å². The molecule has 5 nitrogen and oxygen atoms in total. The lowest BCUT2D eigenvalue weighted by Gasteiger charge is -2.11. The van der Waals surface area contributed by atoms with Gasteiger partial charge in [0.2, 0.25) is 5.91 Å². The molecule has 0 radical (unpaired) electrons. The first-order valence-corrected chi connectivity index (χ1v) is 9.32. The third-order valence-corrected chi connectivity index (χ3v) is 4.74. The Hall–Kier alpha value is -3.18. The minimum atomic E-state index is -0.175. The molecule has 1 aliphatic heterocycles. The van der Waals surface area contributed by atoms with Crippen LogP contribution in [0.2, 0.25) is 5.02 Å². The number of hydrogen-bond donors (Lipinski definition) is 1. The Balaban J connectivity index is 1.38. The number of halogens is 1. The summed E-state index contributed by atoms with van der Waals surface area (Å²) in [6.07, 6.45) is 10.7. The molecule has 28 heavy (non-hydrogen) atoms. The van der Waals surface area contributed by atoms with Crippen LogP contribution >= 0.6 is 11.6 Å². The number of carbonyl (C=O) groups excluding carboxylic acids is 1. The number of ether oxygens (including phenoxy) is 1. The van der Waals surface area contributed by atoms with Crippen molar-refractivity contribution in [3.8, 4) is 16.9 Å². The number of carbonyl (C=O) groups is 1. The fourth-order valence-corrected chi connectivity index (χ4v) is 3.40. The number of amides is 1. The highest BCUT2D eigenvalue weighted by Gasteiger charge is 2.26. The Morgan fingerprint density at radius 1 is 1.18 bits per heavy atom. The zero-order chi connectivity index (χ0) is 19.3. The van der Waals surface area contributed by atoms with E-state index in [2.05, 4.69) is 21.4 Å². The zero-order valence-electron chi connectivity index (χ0n) is 15.0. The lowest BCUT2D eigenvalue weighted by atomic mass is 10.0. The summed E-state index contributed by atoms with van der Waals surface area (Å²) >= 11 is 6.42. The lowest BCUT2D eigenvalue weighted by molar-refractivity contribution is -0.116. The molecule has 1 unspecified atom stereocenters. The molecule has 3 aromatic rings. The second kappa shape index (κ2) is 8.23. The van der Waals surface area contributed by atoms with Gasteiger partial charge < -0.3 is 10.1 Å². The van der Waals surface area contributed by atoms with Crippen molar-refractivity contribution in [3.05, 3.63) is 83.4 Å². The Morgan fingerprint density at radius 2 is 2.00 bits per heavy atom. The molecular formula is C22H18ClN3O2. The van der Waals surface area contributed by atoms with Gasteiger partial charge in [0.1, 0.15) is 11.9 Å². The average molecular weight is 392 g/mol. The molecule has 0 fully saturated rings. The van der Waals surface area contributed by atoms with E-state index in [1.54, 1.807) is 30.9 Å². The van der Waals surface area contributed by atoms with Gasteiger partial charge in [0.05, 0.1) is 11.6 Å². The SMILES string of the molecule is O=C(C=Cc1cccnc1)NCC1Cc2cc(-c3cccnc3)cc(Cl)c2O1. The number of pyridine rings is 2. The number of nitrogens with zero attached hydrogens (tertiary/aromatic N) is 2. The van der Waals surface area contributed by atoms with Crippen LogP contribution in [0.25, 0.3) is 17.2 Å². The van der Waals surface area contributed by atoms with Gasteiger partial charge in [-0.3, -0.25) is 14.8 Å². The third-order valence-electron chi connectivity index (χ3n) is 4.46. The number of nitrogens with one attached hydrogen (secondary N) is 1. The predicted octanol–water partition coefficient (Wildman–Crippen LogP) is 3.93. The van der Waals surface area contributed by atoms with Gasteiger partial charge in [-0.25, -0.2) is 0 Å². The van der Waals surface area contributed by atoms with E-state index < -0.39 is 0 Å². The Morgan fingerprint density at radius 3 is 2.75 bits per heavy atom. The molecule has 6 heteroatoms. The Bertz CT molecular complexity index is 1010. The molecule has 1 atom stereocenters. The second-order valence-corrected chi connectivity index (χ2v) is 6.90. The molecule has 1 aromatic carbocycles. The summed E-state index contributed by atoms with van der Waals surface area (Å²) in [6.45, 7) is 0.406. The summed E-state index contributed by atoms with van der Waals surface area (Å²) < 4.78 is 5.95. The fourth-order valence-electron chi connectivity index (χ4n) is 3.12. The molecule has 2 aromatic heterocycles. The highest BCUT2D eigenvalue weighted by molar-refractivity contribution is 6.32. The maximum Gasteiger partial charge on any atom is 0.244 e.